The Morgan fingerprint density at radius 3 is 3.10 bits per heavy atom. The topological polar surface area (TPSA) is 101 Å². The van der Waals surface area contributed by atoms with Crippen LogP contribution in [-0.4, -0.2) is 46.4 Å². The molecule has 2 atom stereocenters. The van der Waals surface area contributed by atoms with Crippen LogP contribution in [0, 0.1) is 5.92 Å². The van der Waals surface area contributed by atoms with E-state index in [0.717, 1.165) is 53.2 Å². The molecule has 1 saturated carbocycles. The van der Waals surface area contributed by atoms with Gasteiger partial charge in [0.05, 0.1) is 12.3 Å². The summed E-state index contributed by atoms with van der Waals surface area (Å²) < 4.78 is 5.54. The normalized spacial score (nSPS) is 24.8. The predicted molar refractivity (Wildman–Crippen MR) is 116 cm³/mol. The molecule has 4 amide bonds. The molecule has 5 rings (SSSR count). The molecule has 31 heavy (non-hydrogen) atoms. The van der Waals surface area contributed by atoms with Gasteiger partial charge in [-0.3, -0.25) is 14.5 Å². The van der Waals surface area contributed by atoms with Crippen molar-refractivity contribution in [2.24, 2.45) is 5.92 Å². The van der Waals surface area contributed by atoms with E-state index in [4.69, 9.17) is 4.74 Å². The number of anilines is 1. The summed E-state index contributed by atoms with van der Waals surface area (Å²) in [5, 5.41) is 7.90. The van der Waals surface area contributed by atoms with Gasteiger partial charge in [0.2, 0.25) is 5.91 Å². The van der Waals surface area contributed by atoms with Gasteiger partial charge in [-0.25, -0.2) is 9.78 Å². The van der Waals surface area contributed by atoms with Gasteiger partial charge in [-0.15, -0.1) is 11.3 Å². The molecule has 3 aliphatic rings. The van der Waals surface area contributed by atoms with Crippen molar-refractivity contribution in [1.29, 1.82) is 0 Å². The van der Waals surface area contributed by atoms with E-state index in [2.05, 4.69) is 21.7 Å². The number of imide groups is 1. The van der Waals surface area contributed by atoms with Crippen LogP contribution < -0.4 is 15.4 Å². The smallest absolute Gasteiger partial charge is 0.325 e. The minimum Gasteiger partial charge on any atom is -0.493 e. The Morgan fingerprint density at radius 2 is 2.26 bits per heavy atom. The second-order valence-electron chi connectivity index (χ2n) is 8.45. The zero-order valence-corrected chi connectivity index (χ0v) is 18.1. The zero-order valence-electron chi connectivity index (χ0n) is 17.3. The Balaban J connectivity index is 1.25. The molecule has 2 N–H and O–H groups in total. The van der Waals surface area contributed by atoms with E-state index in [-0.39, 0.29) is 18.4 Å². The van der Waals surface area contributed by atoms with E-state index in [1.54, 1.807) is 0 Å². The molecule has 0 bridgehead atoms. The van der Waals surface area contributed by atoms with E-state index in [1.165, 1.54) is 11.3 Å². The number of urea groups is 1. The summed E-state index contributed by atoms with van der Waals surface area (Å²) in [4.78, 5) is 43.6. The minimum atomic E-state index is -0.860. The van der Waals surface area contributed by atoms with Crippen molar-refractivity contribution in [2.75, 3.05) is 18.5 Å². The number of nitrogens with one attached hydrogen (secondary N) is 2. The minimum absolute atomic E-state index is 0.0602. The fraction of sp³-hybridized carbons (Fsp3) is 0.455. The first-order chi connectivity index (χ1) is 15.0. The monoisotopic (exact) mass is 440 g/mol. The summed E-state index contributed by atoms with van der Waals surface area (Å²) in [6.07, 6.45) is 4.34. The van der Waals surface area contributed by atoms with Gasteiger partial charge in [-0.2, -0.15) is 0 Å². The molecule has 8 nitrogen and oxygen atoms in total. The summed E-state index contributed by atoms with van der Waals surface area (Å²) in [5.41, 5.74) is 2.02. The lowest BCUT2D eigenvalue weighted by molar-refractivity contribution is -0.136. The molecule has 2 fully saturated rings. The van der Waals surface area contributed by atoms with Gasteiger partial charge in [-0.05, 0) is 42.5 Å². The highest BCUT2D eigenvalue weighted by Gasteiger charge is 2.55. The maximum absolute atomic E-state index is 13.0. The van der Waals surface area contributed by atoms with Crippen LogP contribution in [0.2, 0.25) is 0 Å². The van der Waals surface area contributed by atoms with Crippen LogP contribution in [0.1, 0.15) is 38.2 Å². The summed E-state index contributed by atoms with van der Waals surface area (Å²) in [5.74, 6) is 0.239. The van der Waals surface area contributed by atoms with Gasteiger partial charge in [-0.1, -0.05) is 19.8 Å². The Kier molecular flexibility index (Phi) is 4.92. The van der Waals surface area contributed by atoms with Gasteiger partial charge in [0.25, 0.3) is 5.91 Å². The van der Waals surface area contributed by atoms with Crippen molar-refractivity contribution in [3.63, 3.8) is 0 Å². The van der Waals surface area contributed by atoms with Crippen LogP contribution in [0.5, 0.6) is 5.75 Å². The lowest BCUT2D eigenvalue weighted by atomic mass is 9.73. The maximum atomic E-state index is 13.0. The average molecular weight is 441 g/mol. The van der Waals surface area contributed by atoms with Crippen LogP contribution in [0.25, 0.3) is 11.3 Å². The highest BCUT2D eigenvalue weighted by atomic mass is 32.1. The van der Waals surface area contributed by atoms with Gasteiger partial charge in [0.1, 0.15) is 17.8 Å². The lowest BCUT2D eigenvalue weighted by Gasteiger charge is -2.36. The number of carbonyl (C=O) groups excluding carboxylic acids is 3. The molecule has 0 radical (unpaired) electrons. The third-order valence-corrected chi connectivity index (χ3v) is 7.30. The predicted octanol–water partition coefficient (Wildman–Crippen LogP) is 3.18. The highest BCUT2D eigenvalue weighted by molar-refractivity contribution is 7.14. The first kappa shape index (κ1) is 20.0. The fourth-order valence-corrected chi connectivity index (χ4v) is 5.49. The number of benzene rings is 1. The molecule has 2 aliphatic heterocycles. The number of thiazole rings is 1. The second kappa shape index (κ2) is 7.64. The molecule has 3 heterocycles. The number of fused-ring (bicyclic) bond motifs is 1. The molecular formula is C22H24N4O4S. The maximum Gasteiger partial charge on any atom is 0.325 e. The molecule has 1 spiro atoms. The molecule has 9 heteroatoms. The number of ether oxygens (including phenoxy) is 1. The first-order valence-electron chi connectivity index (χ1n) is 10.6. The van der Waals surface area contributed by atoms with Crippen molar-refractivity contribution in [3.8, 4) is 17.0 Å². The third-order valence-electron chi connectivity index (χ3n) is 6.54. The summed E-state index contributed by atoms with van der Waals surface area (Å²) in [6.45, 7) is 2.37. The van der Waals surface area contributed by atoms with Gasteiger partial charge in [0.15, 0.2) is 5.13 Å². The molecule has 2 unspecified atom stereocenters. The number of carbonyl (C=O) groups is 3. The van der Waals surface area contributed by atoms with Crippen LogP contribution in [0.15, 0.2) is 23.6 Å². The largest absolute Gasteiger partial charge is 0.493 e. The van der Waals surface area contributed by atoms with E-state index in [1.807, 2.05) is 24.4 Å². The third kappa shape index (κ3) is 3.46. The van der Waals surface area contributed by atoms with Crippen LogP contribution >= 0.6 is 11.3 Å². The second-order valence-corrected chi connectivity index (χ2v) is 9.30. The van der Waals surface area contributed by atoms with Crippen molar-refractivity contribution < 1.29 is 19.1 Å². The highest BCUT2D eigenvalue weighted by Crippen LogP contribution is 2.38. The van der Waals surface area contributed by atoms with Crippen molar-refractivity contribution in [2.45, 2.75) is 44.6 Å². The van der Waals surface area contributed by atoms with E-state index in [9.17, 15) is 14.4 Å². The van der Waals surface area contributed by atoms with Crippen molar-refractivity contribution in [3.05, 3.63) is 29.1 Å². The quantitative estimate of drug-likeness (QED) is 0.711. The van der Waals surface area contributed by atoms with Crippen molar-refractivity contribution >= 4 is 34.3 Å². The SMILES string of the molecule is CC1CCCCC12NC(=O)N(CC(=O)Nc1nc(-c3ccc4c(c3)CCO4)cs1)C2=O. The van der Waals surface area contributed by atoms with E-state index in [0.29, 0.717) is 18.2 Å². The van der Waals surface area contributed by atoms with Gasteiger partial charge in [0, 0.05) is 17.4 Å². The van der Waals surface area contributed by atoms with Crippen molar-refractivity contribution in [1.82, 2.24) is 15.2 Å². The number of hydrogen-bond acceptors (Lipinski definition) is 6. The van der Waals surface area contributed by atoms with Gasteiger partial charge >= 0.3 is 6.03 Å². The lowest BCUT2D eigenvalue weighted by Crippen LogP contribution is -2.54. The summed E-state index contributed by atoms with van der Waals surface area (Å²) in [6, 6.07) is 5.45. The average Bonchev–Trinajstić information content (AvgIpc) is 3.46. The van der Waals surface area contributed by atoms with E-state index < -0.39 is 17.5 Å². The Hall–Kier alpha value is -2.94. The number of aromatic nitrogens is 1. The molecule has 1 aromatic heterocycles. The molecule has 162 valence electrons. The number of amides is 4. The number of hydrogen-bond donors (Lipinski definition) is 2. The number of nitrogens with zero attached hydrogens (tertiary/aromatic N) is 2. The molecule has 1 aromatic carbocycles. The van der Waals surface area contributed by atoms with Crippen LogP contribution in [0.3, 0.4) is 0 Å². The molecular weight excluding hydrogens is 416 g/mol. The van der Waals surface area contributed by atoms with Crippen LogP contribution in [0.4, 0.5) is 9.93 Å². The first-order valence-corrected chi connectivity index (χ1v) is 11.5. The van der Waals surface area contributed by atoms with Crippen LogP contribution in [-0.2, 0) is 16.0 Å². The Bertz CT molecular complexity index is 1070. The Morgan fingerprint density at radius 1 is 1.39 bits per heavy atom. The summed E-state index contributed by atoms with van der Waals surface area (Å²) >= 11 is 1.31. The Labute approximate surface area is 184 Å². The zero-order chi connectivity index (χ0) is 21.6. The van der Waals surface area contributed by atoms with E-state index >= 15 is 0 Å². The fourth-order valence-electron chi connectivity index (χ4n) is 4.75. The number of rotatable bonds is 4. The molecule has 1 saturated heterocycles. The molecule has 2 aromatic rings. The standard InChI is InChI=1S/C22H24N4O4S/c1-13-4-2-3-8-22(13)19(28)26(21(29)25-22)11-18(27)24-20-23-16(12-31-20)14-5-6-17-15(10-14)7-9-30-17/h5-6,10,12-13H,2-4,7-9,11H2,1H3,(H,25,29)(H,23,24,27). The van der Waals surface area contributed by atoms with Gasteiger partial charge < -0.3 is 15.4 Å². The molecule has 1 aliphatic carbocycles. The summed E-state index contributed by atoms with van der Waals surface area (Å²) in [7, 11) is 0.